The molecule has 0 unspecified atom stereocenters. The summed E-state index contributed by atoms with van der Waals surface area (Å²) in [5.41, 5.74) is -0.684. The van der Waals surface area contributed by atoms with Crippen LogP contribution in [-0.4, -0.2) is 11.0 Å². The van der Waals surface area contributed by atoms with Gasteiger partial charge in [0, 0.05) is 18.2 Å². The lowest BCUT2D eigenvalue weighted by Gasteiger charge is -2.08. The van der Waals surface area contributed by atoms with Crippen LogP contribution >= 0.6 is 0 Å². The summed E-state index contributed by atoms with van der Waals surface area (Å²) in [6, 6.07) is 2.90. The zero-order chi connectivity index (χ0) is 15.6. The molecule has 0 saturated heterocycles. The summed E-state index contributed by atoms with van der Waals surface area (Å²) in [6.07, 6.45) is -3.39. The largest absolute Gasteiger partial charge is 0.444 e. The van der Waals surface area contributed by atoms with Crippen molar-refractivity contribution in [2.75, 3.05) is 0 Å². The molecule has 0 aliphatic rings. The standard InChI is InChI=1S/C14H14F4N2O/c1-8(2)19-6-10-7-21-13(20-10)9-3-4-12(15)11(5-9)14(16,17)18/h3-5,7-8,19H,6H2,1-2H3. The molecule has 0 fully saturated rings. The van der Waals surface area contributed by atoms with Crippen LogP contribution in [0.15, 0.2) is 28.9 Å². The van der Waals surface area contributed by atoms with Gasteiger partial charge in [-0.25, -0.2) is 9.37 Å². The molecule has 114 valence electrons. The van der Waals surface area contributed by atoms with Crippen molar-refractivity contribution in [1.29, 1.82) is 0 Å². The van der Waals surface area contributed by atoms with Gasteiger partial charge in [-0.1, -0.05) is 13.8 Å². The van der Waals surface area contributed by atoms with Crippen molar-refractivity contribution in [3.8, 4) is 11.5 Å². The zero-order valence-corrected chi connectivity index (χ0v) is 11.5. The van der Waals surface area contributed by atoms with Crippen LogP contribution in [0.2, 0.25) is 0 Å². The van der Waals surface area contributed by atoms with Gasteiger partial charge < -0.3 is 9.73 Å². The summed E-state index contributed by atoms with van der Waals surface area (Å²) >= 11 is 0. The quantitative estimate of drug-likeness (QED) is 0.868. The van der Waals surface area contributed by atoms with Crippen LogP contribution in [0.5, 0.6) is 0 Å². The van der Waals surface area contributed by atoms with E-state index in [9.17, 15) is 17.6 Å². The van der Waals surface area contributed by atoms with E-state index >= 15 is 0 Å². The Morgan fingerprint density at radius 3 is 2.62 bits per heavy atom. The maximum Gasteiger partial charge on any atom is 0.419 e. The third-order valence-electron chi connectivity index (χ3n) is 2.76. The van der Waals surface area contributed by atoms with E-state index in [1.165, 1.54) is 12.3 Å². The molecule has 1 N–H and O–H groups in total. The summed E-state index contributed by atoms with van der Waals surface area (Å²) in [4.78, 5) is 4.09. The fourth-order valence-corrected chi connectivity index (χ4v) is 1.70. The number of aromatic nitrogens is 1. The molecule has 3 nitrogen and oxygen atoms in total. The smallest absolute Gasteiger partial charge is 0.419 e. The topological polar surface area (TPSA) is 38.1 Å². The van der Waals surface area contributed by atoms with Crippen molar-refractivity contribution < 1.29 is 22.0 Å². The Morgan fingerprint density at radius 1 is 1.29 bits per heavy atom. The highest BCUT2D eigenvalue weighted by Gasteiger charge is 2.34. The van der Waals surface area contributed by atoms with Crippen LogP contribution in [0.4, 0.5) is 17.6 Å². The second-order valence-electron chi connectivity index (χ2n) is 4.87. The molecule has 0 aliphatic heterocycles. The van der Waals surface area contributed by atoms with Gasteiger partial charge in [-0.15, -0.1) is 0 Å². The molecule has 0 saturated carbocycles. The Kier molecular flexibility index (Phi) is 4.32. The average molecular weight is 302 g/mol. The first-order chi connectivity index (χ1) is 9.77. The summed E-state index contributed by atoms with van der Waals surface area (Å²) in [6.45, 7) is 4.35. The SMILES string of the molecule is CC(C)NCc1coc(-c2ccc(F)c(C(F)(F)F)c2)n1. The summed E-state index contributed by atoms with van der Waals surface area (Å²) < 4.78 is 56.3. The lowest BCUT2D eigenvalue weighted by atomic mass is 10.1. The number of halogens is 4. The minimum Gasteiger partial charge on any atom is -0.444 e. The predicted molar refractivity (Wildman–Crippen MR) is 68.9 cm³/mol. The average Bonchev–Trinajstić information content (AvgIpc) is 2.84. The molecule has 2 rings (SSSR count). The van der Waals surface area contributed by atoms with E-state index in [1.807, 2.05) is 13.8 Å². The molecule has 0 spiro atoms. The minimum absolute atomic E-state index is 0.0288. The van der Waals surface area contributed by atoms with E-state index in [2.05, 4.69) is 10.3 Å². The molecule has 0 bridgehead atoms. The lowest BCUT2D eigenvalue weighted by Crippen LogP contribution is -2.21. The number of nitrogens with zero attached hydrogens (tertiary/aromatic N) is 1. The van der Waals surface area contributed by atoms with Crippen LogP contribution in [-0.2, 0) is 12.7 Å². The molecule has 0 atom stereocenters. The second kappa shape index (κ2) is 5.85. The zero-order valence-electron chi connectivity index (χ0n) is 11.5. The summed E-state index contributed by atoms with van der Waals surface area (Å²) in [5.74, 6) is -1.29. The van der Waals surface area contributed by atoms with E-state index in [4.69, 9.17) is 4.42 Å². The van der Waals surface area contributed by atoms with Gasteiger partial charge in [-0.3, -0.25) is 0 Å². The van der Waals surface area contributed by atoms with Crippen LogP contribution in [0.25, 0.3) is 11.5 Å². The van der Waals surface area contributed by atoms with E-state index in [-0.39, 0.29) is 17.5 Å². The number of hydrogen-bond acceptors (Lipinski definition) is 3. The number of benzene rings is 1. The number of nitrogens with one attached hydrogen (secondary N) is 1. The molecular weight excluding hydrogens is 288 g/mol. The second-order valence-corrected chi connectivity index (χ2v) is 4.87. The third kappa shape index (κ3) is 3.81. The molecule has 2 aromatic rings. The summed E-state index contributed by atoms with van der Waals surface area (Å²) in [7, 11) is 0. The van der Waals surface area contributed by atoms with Gasteiger partial charge in [0.25, 0.3) is 0 Å². The van der Waals surface area contributed by atoms with E-state index in [0.29, 0.717) is 18.3 Å². The first-order valence-corrected chi connectivity index (χ1v) is 6.32. The van der Waals surface area contributed by atoms with Gasteiger partial charge in [0.2, 0.25) is 5.89 Å². The van der Waals surface area contributed by atoms with Crippen LogP contribution in [0, 0.1) is 5.82 Å². The van der Waals surface area contributed by atoms with Crippen molar-refractivity contribution in [3.63, 3.8) is 0 Å². The molecule has 7 heteroatoms. The highest BCUT2D eigenvalue weighted by molar-refractivity contribution is 5.55. The van der Waals surface area contributed by atoms with Gasteiger partial charge in [0.05, 0.1) is 11.3 Å². The molecule has 1 aromatic heterocycles. The van der Waals surface area contributed by atoms with Crippen molar-refractivity contribution in [2.45, 2.75) is 32.6 Å². The molecular formula is C14H14F4N2O. The maximum absolute atomic E-state index is 13.2. The Labute approximate surface area is 119 Å². The number of oxazole rings is 1. The van der Waals surface area contributed by atoms with Gasteiger partial charge in [0.1, 0.15) is 12.1 Å². The van der Waals surface area contributed by atoms with Crippen LogP contribution in [0.1, 0.15) is 25.1 Å². The number of alkyl halides is 3. The molecule has 0 aliphatic carbocycles. The van der Waals surface area contributed by atoms with Gasteiger partial charge in [-0.2, -0.15) is 13.2 Å². The van der Waals surface area contributed by atoms with Crippen molar-refractivity contribution in [2.24, 2.45) is 0 Å². The monoisotopic (exact) mass is 302 g/mol. The molecule has 1 aromatic carbocycles. The normalized spacial score (nSPS) is 12.1. The van der Waals surface area contributed by atoms with Gasteiger partial charge in [-0.05, 0) is 18.2 Å². The highest BCUT2D eigenvalue weighted by Crippen LogP contribution is 2.34. The Hall–Kier alpha value is -1.89. The van der Waals surface area contributed by atoms with Gasteiger partial charge >= 0.3 is 6.18 Å². The Balaban J connectivity index is 2.26. The highest BCUT2D eigenvalue weighted by atomic mass is 19.4. The van der Waals surface area contributed by atoms with Crippen LogP contribution in [0.3, 0.4) is 0 Å². The van der Waals surface area contributed by atoms with Crippen molar-refractivity contribution in [3.05, 3.63) is 41.5 Å². The van der Waals surface area contributed by atoms with Crippen LogP contribution < -0.4 is 5.32 Å². The number of rotatable bonds is 4. The fourth-order valence-electron chi connectivity index (χ4n) is 1.70. The van der Waals surface area contributed by atoms with Crippen molar-refractivity contribution in [1.82, 2.24) is 10.3 Å². The maximum atomic E-state index is 13.2. The number of hydrogen-bond donors (Lipinski definition) is 1. The first kappa shape index (κ1) is 15.5. The van der Waals surface area contributed by atoms with E-state index < -0.39 is 17.6 Å². The Morgan fingerprint density at radius 2 is 2.00 bits per heavy atom. The minimum atomic E-state index is -4.76. The Bertz CT molecular complexity index is 620. The lowest BCUT2D eigenvalue weighted by molar-refractivity contribution is -0.139. The molecule has 0 radical (unpaired) electrons. The summed E-state index contributed by atoms with van der Waals surface area (Å²) in [5, 5.41) is 3.11. The third-order valence-corrected chi connectivity index (χ3v) is 2.76. The predicted octanol–water partition coefficient (Wildman–Crippen LogP) is 4.00. The molecule has 0 amide bonds. The first-order valence-electron chi connectivity index (χ1n) is 6.32. The van der Waals surface area contributed by atoms with Crippen molar-refractivity contribution >= 4 is 0 Å². The van der Waals surface area contributed by atoms with E-state index in [0.717, 1.165) is 6.07 Å². The molecule has 21 heavy (non-hydrogen) atoms. The molecule has 1 heterocycles. The van der Waals surface area contributed by atoms with E-state index in [1.54, 1.807) is 0 Å². The fraction of sp³-hybridized carbons (Fsp3) is 0.357. The van der Waals surface area contributed by atoms with Gasteiger partial charge in [0.15, 0.2) is 0 Å².